The molecule has 1 aliphatic rings. The summed E-state index contributed by atoms with van der Waals surface area (Å²) < 4.78 is 21.0. The minimum absolute atomic E-state index is 0.122. The molecule has 2 aromatic carbocycles. The van der Waals surface area contributed by atoms with Crippen molar-refractivity contribution in [2.75, 3.05) is 18.1 Å². The van der Waals surface area contributed by atoms with E-state index in [1.165, 1.54) is 35.4 Å². The average molecular weight is 442 g/mol. The summed E-state index contributed by atoms with van der Waals surface area (Å²) in [5, 5.41) is 3.99. The van der Waals surface area contributed by atoms with E-state index in [4.69, 9.17) is 4.74 Å². The molecule has 0 atom stereocenters. The summed E-state index contributed by atoms with van der Waals surface area (Å²) in [7, 11) is 0. The van der Waals surface area contributed by atoms with Gasteiger partial charge in [-0.2, -0.15) is 5.10 Å². The Morgan fingerprint density at radius 1 is 1.13 bits per heavy atom. The number of ether oxygens (including phenoxy) is 1. The standard InChI is InChI=1S/C22H20FN3O2S2/c23-17-5-7-18(8-6-17)26-11-1-2-19(26)14-24-25-21(27)15-28-20-9-3-16(4-10-20)22-29-12-13-30-22/h1-11,14,22H,12-13,15H2,(H,25,27)/b24-14-. The van der Waals surface area contributed by atoms with E-state index in [1.807, 2.05) is 70.7 Å². The second-order valence-corrected chi connectivity index (χ2v) is 9.23. The molecular formula is C22H20FN3O2S2. The number of nitrogens with zero attached hydrogens (tertiary/aromatic N) is 2. The van der Waals surface area contributed by atoms with Gasteiger partial charge in [-0.1, -0.05) is 12.1 Å². The summed E-state index contributed by atoms with van der Waals surface area (Å²) in [6.45, 7) is -0.122. The Labute approximate surface area is 182 Å². The van der Waals surface area contributed by atoms with Gasteiger partial charge in [-0.3, -0.25) is 4.79 Å². The first-order valence-corrected chi connectivity index (χ1v) is 11.5. The van der Waals surface area contributed by atoms with Crippen LogP contribution in [0.3, 0.4) is 0 Å². The van der Waals surface area contributed by atoms with Gasteiger partial charge in [-0.25, -0.2) is 9.82 Å². The van der Waals surface area contributed by atoms with Gasteiger partial charge < -0.3 is 9.30 Å². The Morgan fingerprint density at radius 3 is 2.60 bits per heavy atom. The Kier molecular flexibility index (Phi) is 6.76. The van der Waals surface area contributed by atoms with Gasteiger partial charge in [0.05, 0.1) is 16.5 Å². The number of amides is 1. The first-order valence-electron chi connectivity index (χ1n) is 9.40. The zero-order valence-electron chi connectivity index (χ0n) is 16.0. The molecule has 1 fully saturated rings. The SMILES string of the molecule is O=C(COc1ccc(C2SCCS2)cc1)N/N=C\c1cccn1-c1ccc(F)cc1. The minimum atomic E-state index is -0.350. The van der Waals surface area contributed by atoms with Crippen molar-refractivity contribution in [2.45, 2.75) is 4.58 Å². The highest BCUT2D eigenvalue weighted by molar-refractivity contribution is 8.19. The van der Waals surface area contributed by atoms with Gasteiger partial charge in [-0.05, 0) is 54.1 Å². The number of rotatable bonds is 7. The fraction of sp³-hybridized carbons (Fsp3) is 0.182. The van der Waals surface area contributed by atoms with Gasteiger partial charge >= 0.3 is 0 Å². The third-order valence-corrected chi connectivity index (χ3v) is 7.52. The molecule has 1 saturated heterocycles. The van der Waals surface area contributed by atoms with Crippen molar-refractivity contribution in [3.05, 3.63) is 83.9 Å². The van der Waals surface area contributed by atoms with Crippen molar-refractivity contribution in [2.24, 2.45) is 5.10 Å². The minimum Gasteiger partial charge on any atom is -0.484 e. The lowest BCUT2D eigenvalue weighted by molar-refractivity contribution is -0.123. The van der Waals surface area contributed by atoms with Crippen LogP contribution in [-0.2, 0) is 4.79 Å². The number of hydrogen-bond acceptors (Lipinski definition) is 5. The molecule has 0 saturated carbocycles. The van der Waals surface area contributed by atoms with Gasteiger partial charge in [0.1, 0.15) is 11.6 Å². The molecule has 30 heavy (non-hydrogen) atoms. The predicted molar refractivity (Wildman–Crippen MR) is 121 cm³/mol. The third kappa shape index (κ3) is 5.25. The van der Waals surface area contributed by atoms with Crippen LogP contribution in [0.2, 0.25) is 0 Å². The molecule has 5 nitrogen and oxygen atoms in total. The molecule has 0 unspecified atom stereocenters. The largest absolute Gasteiger partial charge is 0.484 e. The molecular weight excluding hydrogens is 421 g/mol. The van der Waals surface area contributed by atoms with Crippen LogP contribution in [0.5, 0.6) is 5.75 Å². The number of benzene rings is 2. The van der Waals surface area contributed by atoms with Crippen molar-refractivity contribution in [1.29, 1.82) is 0 Å². The molecule has 0 bridgehead atoms. The molecule has 3 aromatic rings. The maximum atomic E-state index is 13.1. The lowest BCUT2D eigenvalue weighted by Crippen LogP contribution is -2.24. The number of hydrogen-bond donors (Lipinski definition) is 1. The van der Waals surface area contributed by atoms with E-state index in [2.05, 4.69) is 10.5 Å². The van der Waals surface area contributed by atoms with E-state index in [-0.39, 0.29) is 18.3 Å². The number of nitrogens with one attached hydrogen (secondary N) is 1. The monoisotopic (exact) mass is 441 g/mol. The lowest BCUT2D eigenvalue weighted by Gasteiger charge is -2.10. The predicted octanol–water partition coefficient (Wildman–Crippen LogP) is 4.62. The Morgan fingerprint density at radius 2 is 1.87 bits per heavy atom. The van der Waals surface area contributed by atoms with E-state index in [0.29, 0.717) is 10.3 Å². The molecule has 4 rings (SSSR count). The van der Waals surface area contributed by atoms with E-state index in [1.54, 1.807) is 12.1 Å². The molecule has 0 spiro atoms. The summed E-state index contributed by atoms with van der Waals surface area (Å²) in [5.41, 5.74) is 5.28. The van der Waals surface area contributed by atoms with Gasteiger partial charge in [-0.15, -0.1) is 23.5 Å². The van der Waals surface area contributed by atoms with Crippen LogP contribution >= 0.6 is 23.5 Å². The van der Waals surface area contributed by atoms with Crippen LogP contribution in [0.25, 0.3) is 5.69 Å². The average Bonchev–Trinajstić information content (AvgIpc) is 3.46. The number of hydrazone groups is 1. The van der Waals surface area contributed by atoms with Crippen LogP contribution in [0.15, 0.2) is 72.0 Å². The van der Waals surface area contributed by atoms with Crippen LogP contribution in [0.1, 0.15) is 15.8 Å². The van der Waals surface area contributed by atoms with Crippen molar-refractivity contribution in [3.8, 4) is 11.4 Å². The quantitative estimate of drug-likeness (QED) is 0.429. The fourth-order valence-corrected chi connectivity index (χ4v) is 5.82. The molecule has 8 heteroatoms. The van der Waals surface area contributed by atoms with Crippen LogP contribution in [0.4, 0.5) is 4.39 Å². The molecule has 154 valence electrons. The normalized spacial score (nSPS) is 14.3. The Hall–Kier alpha value is -2.71. The zero-order valence-corrected chi connectivity index (χ0v) is 17.7. The first kappa shape index (κ1) is 20.6. The summed E-state index contributed by atoms with van der Waals surface area (Å²) in [6, 6.07) is 17.7. The van der Waals surface area contributed by atoms with E-state index >= 15 is 0 Å². The molecule has 0 radical (unpaired) electrons. The highest BCUT2D eigenvalue weighted by Crippen LogP contribution is 2.45. The highest BCUT2D eigenvalue weighted by atomic mass is 32.2. The zero-order chi connectivity index (χ0) is 20.8. The number of carbonyl (C=O) groups is 1. The molecule has 0 aliphatic carbocycles. The summed E-state index contributed by atoms with van der Waals surface area (Å²) in [6.07, 6.45) is 3.37. The Bertz CT molecular complexity index is 1010. The van der Waals surface area contributed by atoms with E-state index < -0.39 is 0 Å². The number of halogens is 1. The van der Waals surface area contributed by atoms with Crippen molar-refractivity contribution >= 4 is 35.6 Å². The molecule has 1 aromatic heterocycles. The second kappa shape index (κ2) is 9.86. The van der Waals surface area contributed by atoms with Crippen LogP contribution in [0, 0.1) is 5.82 Å². The Balaban J connectivity index is 1.27. The second-order valence-electron chi connectivity index (χ2n) is 6.50. The summed E-state index contributed by atoms with van der Waals surface area (Å²) >= 11 is 3.90. The third-order valence-electron chi connectivity index (χ3n) is 4.42. The fourth-order valence-electron chi connectivity index (χ4n) is 2.96. The summed E-state index contributed by atoms with van der Waals surface area (Å²) in [5.74, 6) is 2.37. The lowest BCUT2D eigenvalue weighted by atomic mass is 10.2. The van der Waals surface area contributed by atoms with Gasteiger partial charge in [0.2, 0.25) is 0 Å². The molecule has 1 amide bonds. The first-order chi connectivity index (χ1) is 14.7. The van der Waals surface area contributed by atoms with Crippen molar-refractivity contribution in [1.82, 2.24) is 9.99 Å². The number of carbonyl (C=O) groups excluding carboxylic acids is 1. The maximum Gasteiger partial charge on any atom is 0.277 e. The van der Waals surface area contributed by atoms with Crippen LogP contribution in [-0.4, -0.2) is 34.8 Å². The van der Waals surface area contributed by atoms with Gasteiger partial charge in [0.15, 0.2) is 6.61 Å². The smallest absolute Gasteiger partial charge is 0.277 e. The topological polar surface area (TPSA) is 55.6 Å². The van der Waals surface area contributed by atoms with E-state index in [0.717, 1.165) is 11.4 Å². The van der Waals surface area contributed by atoms with Crippen molar-refractivity contribution < 1.29 is 13.9 Å². The molecule has 1 N–H and O–H groups in total. The van der Waals surface area contributed by atoms with Crippen molar-refractivity contribution in [3.63, 3.8) is 0 Å². The van der Waals surface area contributed by atoms with Gasteiger partial charge in [0, 0.05) is 23.4 Å². The molecule has 1 aliphatic heterocycles. The number of aromatic nitrogens is 1. The van der Waals surface area contributed by atoms with Gasteiger partial charge in [0.25, 0.3) is 5.91 Å². The highest BCUT2D eigenvalue weighted by Gasteiger charge is 2.18. The van der Waals surface area contributed by atoms with E-state index in [9.17, 15) is 9.18 Å². The van der Waals surface area contributed by atoms with Crippen LogP contribution < -0.4 is 10.2 Å². The number of thioether (sulfide) groups is 2. The molecule has 2 heterocycles. The maximum absolute atomic E-state index is 13.1. The summed E-state index contributed by atoms with van der Waals surface area (Å²) in [4.78, 5) is 12.0.